The van der Waals surface area contributed by atoms with E-state index >= 15 is 0 Å². The van der Waals surface area contributed by atoms with Crippen molar-refractivity contribution < 1.29 is 9.53 Å². The second kappa shape index (κ2) is 5.61. The number of rotatable bonds is 0. The van der Waals surface area contributed by atoms with Crippen molar-refractivity contribution in [3.63, 3.8) is 0 Å². The van der Waals surface area contributed by atoms with Crippen LogP contribution in [-0.4, -0.2) is 27.5 Å². The number of hydrogen-bond donors (Lipinski definition) is 2. The van der Waals surface area contributed by atoms with E-state index in [4.69, 9.17) is 10.5 Å². The molecule has 0 aliphatic carbocycles. The third-order valence-corrected chi connectivity index (χ3v) is 3.46. The highest BCUT2D eigenvalue weighted by molar-refractivity contribution is 5.97. The summed E-state index contributed by atoms with van der Waals surface area (Å²) < 4.78 is 5.90. The molecule has 0 fully saturated rings. The maximum absolute atomic E-state index is 12.3. The average molecular weight is 308 g/mol. The van der Waals surface area contributed by atoms with Gasteiger partial charge in [0.2, 0.25) is 5.88 Å². The number of carbonyl (C=O) groups is 1. The predicted molar refractivity (Wildman–Crippen MR) is 85.7 cm³/mol. The van der Waals surface area contributed by atoms with Crippen LogP contribution in [-0.2, 0) is 0 Å². The van der Waals surface area contributed by atoms with Gasteiger partial charge in [-0.3, -0.25) is 4.79 Å². The Labute approximate surface area is 134 Å². The molecule has 116 valence electrons. The largest absolute Gasteiger partial charge is 0.468 e. The van der Waals surface area contributed by atoms with Crippen LogP contribution in [0.25, 0.3) is 0 Å². The van der Waals surface area contributed by atoms with Gasteiger partial charge in [0.15, 0.2) is 0 Å². The highest BCUT2D eigenvalue weighted by atomic mass is 16.5. The molecule has 0 bridgehead atoms. The number of hydrogen-bond acceptors (Lipinski definition) is 5. The lowest BCUT2D eigenvalue weighted by molar-refractivity contribution is 0.0781. The van der Waals surface area contributed by atoms with Crippen molar-refractivity contribution >= 4 is 11.7 Å². The van der Waals surface area contributed by atoms with Crippen LogP contribution in [0.5, 0.6) is 5.88 Å². The number of aromatic nitrogens is 2. The van der Waals surface area contributed by atoms with E-state index in [1.165, 1.54) is 0 Å². The van der Waals surface area contributed by atoms with Gasteiger partial charge >= 0.3 is 0 Å². The molecule has 6 heteroatoms. The monoisotopic (exact) mass is 308 g/mol. The summed E-state index contributed by atoms with van der Waals surface area (Å²) in [7, 11) is 0. The van der Waals surface area contributed by atoms with Crippen molar-refractivity contribution in [2.24, 2.45) is 0 Å². The Balaban J connectivity index is 1.94. The first-order valence-corrected chi connectivity index (χ1v) is 7.15. The molecule has 0 radical (unpaired) electrons. The standard InChI is InChI=1S/C17H16N4O2/c1-17(2)13(9-8-11-5-3-7-14(18)20-11)21-15(22)12-6-4-10-19-16(12)23-17/h3-7,10,13H,1-2H3,(H2,18,20)(H,21,22). The molecule has 23 heavy (non-hydrogen) atoms. The van der Waals surface area contributed by atoms with Gasteiger partial charge in [0.1, 0.15) is 28.7 Å². The molecule has 6 nitrogen and oxygen atoms in total. The van der Waals surface area contributed by atoms with Crippen LogP contribution < -0.4 is 15.8 Å². The van der Waals surface area contributed by atoms with Crippen LogP contribution in [0.2, 0.25) is 0 Å². The Morgan fingerprint density at radius 3 is 2.91 bits per heavy atom. The van der Waals surface area contributed by atoms with Gasteiger partial charge in [-0.1, -0.05) is 12.0 Å². The molecule has 0 spiro atoms. The number of amides is 1. The van der Waals surface area contributed by atoms with Gasteiger partial charge < -0.3 is 15.8 Å². The number of anilines is 1. The summed E-state index contributed by atoms with van der Waals surface area (Å²) in [5.41, 5.74) is 5.83. The number of nitrogens with zero attached hydrogens (tertiary/aromatic N) is 2. The zero-order valence-electron chi connectivity index (χ0n) is 12.8. The Morgan fingerprint density at radius 2 is 2.13 bits per heavy atom. The number of nitrogen functional groups attached to an aromatic ring is 1. The van der Waals surface area contributed by atoms with Crippen molar-refractivity contribution in [1.82, 2.24) is 15.3 Å². The summed E-state index contributed by atoms with van der Waals surface area (Å²) in [6.45, 7) is 3.70. The number of ether oxygens (including phenoxy) is 1. The zero-order chi connectivity index (χ0) is 16.4. The molecule has 1 unspecified atom stereocenters. The maximum Gasteiger partial charge on any atom is 0.257 e. The molecule has 0 aromatic carbocycles. The quantitative estimate of drug-likeness (QED) is 0.718. The minimum absolute atomic E-state index is 0.265. The first kappa shape index (κ1) is 14.9. The number of nitrogens with two attached hydrogens (primary N) is 1. The number of fused-ring (bicyclic) bond motifs is 1. The van der Waals surface area contributed by atoms with Crippen LogP contribution in [0.4, 0.5) is 5.82 Å². The van der Waals surface area contributed by atoms with E-state index in [0.717, 1.165) is 0 Å². The average Bonchev–Trinajstić information content (AvgIpc) is 2.60. The van der Waals surface area contributed by atoms with Crippen LogP contribution in [0.3, 0.4) is 0 Å². The van der Waals surface area contributed by atoms with Gasteiger partial charge in [-0.15, -0.1) is 0 Å². The van der Waals surface area contributed by atoms with Crippen LogP contribution in [0.15, 0.2) is 36.5 Å². The van der Waals surface area contributed by atoms with Gasteiger partial charge in [0, 0.05) is 6.20 Å². The van der Waals surface area contributed by atoms with Crippen molar-refractivity contribution in [2.75, 3.05) is 5.73 Å². The van der Waals surface area contributed by atoms with Crippen molar-refractivity contribution in [3.8, 4) is 17.7 Å². The Bertz CT molecular complexity index is 821. The van der Waals surface area contributed by atoms with Gasteiger partial charge in [-0.2, -0.15) is 0 Å². The Hall–Kier alpha value is -3.07. The normalized spacial score (nSPS) is 18.5. The van der Waals surface area contributed by atoms with Gasteiger partial charge in [-0.25, -0.2) is 9.97 Å². The number of pyridine rings is 2. The van der Waals surface area contributed by atoms with E-state index in [2.05, 4.69) is 27.1 Å². The number of nitrogens with one attached hydrogen (secondary N) is 1. The molecule has 3 N–H and O–H groups in total. The van der Waals surface area contributed by atoms with Gasteiger partial charge in [-0.05, 0) is 44.0 Å². The second-order valence-electron chi connectivity index (χ2n) is 5.69. The van der Waals surface area contributed by atoms with Gasteiger partial charge in [0.05, 0.1) is 0 Å². The Morgan fingerprint density at radius 1 is 1.30 bits per heavy atom. The summed E-state index contributed by atoms with van der Waals surface area (Å²) >= 11 is 0. The van der Waals surface area contributed by atoms with Gasteiger partial charge in [0.25, 0.3) is 5.91 Å². The minimum Gasteiger partial charge on any atom is -0.468 e. The lowest BCUT2D eigenvalue weighted by Gasteiger charge is -2.28. The molecule has 1 aliphatic heterocycles. The maximum atomic E-state index is 12.3. The smallest absolute Gasteiger partial charge is 0.257 e. The molecular weight excluding hydrogens is 292 g/mol. The summed E-state index contributed by atoms with van der Waals surface area (Å²) in [5, 5.41) is 2.87. The molecule has 2 aromatic heterocycles. The van der Waals surface area contributed by atoms with E-state index < -0.39 is 11.6 Å². The predicted octanol–water partition coefficient (Wildman–Crippen LogP) is 1.38. The fourth-order valence-electron chi connectivity index (χ4n) is 2.21. The lowest BCUT2D eigenvalue weighted by atomic mass is 9.99. The molecule has 1 aliphatic rings. The van der Waals surface area contributed by atoms with E-state index in [1.807, 2.05) is 13.8 Å². The molecule has 0 saturated carbocycles. The Kier molecular flexibility index (Phi) is 3.62. The van der Waals surface area contributed by atoms with Crippen LogP contribution >= 0.6 is 0 Å². The van der Waals surface area contributed by atoms with E-state index in [0.29, 0.717) is 23.0 Å². The summed E-state index contributed by atoms with van der Waals surface area (Å²) in [4.78, 5) is 20.6. The first-order chi connectivity index (χ1) is 11.0. The van der Waals surface area contributed by atoms with Crippen molar-refractivity contribution in [3.05, 3.63) is 47.8 Å². The zero-order valence-corrected chi connectivity index (χ0v) is 12.8. The topological polar surface area (TPSA) is 90.1 Å². The highest BCUT2D eigenvalue weighted by Crippen LogP contribution is 2.26. The summed E-state index contributed by atoms with van der Waals surface area (Å²) in [6.07, 6.45) is 1.59. The lowest BCUT2D eigenvalue weighted by Crippen LogP contribution is -2.49. The second-order valence-corrected chi connectivity index (χ2v) is 5.69. The first-order valence-electron chi connectivity index (χ1n) is 7.15. The number of carbonyl (C=O) groups excluding carboxylic acids is 1. The SMILES string of the molecule is CC1(C)Oc2ncccc2C(=O)NC1C#Cc1cccc(N)n1. The third kappa shape index (κ3) is 3.09. The highest BCUT2D eigenvalue weighted by Gasteiger charge is 2.37. The summed E-state index contributed by atoms with van der Waals surface area (Å²) in [5.74, 6) is 6.38. The van der Waals surface area contributed by atoms with Crippen LogP contribution in [0, 0.1) is 11.8 Å². The molecule has 3 heterocycles. The fraction of sp³-hybridized carbons (Fsp3) is 0.235. The summed E-state index contributed by atoms with van der Waals surface area (Å²) in [6, 6.07) is 8.06. The molecule has 1 atom stereocenters. The molecule has 1 amide bonds. The van der Waals surface area contributed by atoms with E-state index in [1.54, 1.807) is 36.5 Å². The molecule has 2 aromatic rings. The molecule has 0 saturated heterocycles. The third-order valence-electron chi connectivity index (χ3n) is 3.46. The molecular formula is C17H16N4O2. The van der Waals surface area contributed by atoms with Crippen LogP contribution in [0.1, 0.15) is 29.9 Å². The molecule has 3 rings (SSSR count). The van der Waals surface area contributed by atoms with Crippen molar-refractivity contribution in [1.29, 1.82) is 0 Å². The minimum atomic E-state index is -0.747. The fourth-order valence-corrected chi connectivity index (χ4v) is 2.21. The van der Waals surface area contributed by atoms with E-state index in [9.17, 15) is 4.79 Å². The van der Waals surface area contributed by atoms with E-state index in [-0.39, 0.29) is 5.91 Å². The van der Waals surface area contributed by atoms with Crippen molar-refractivity contribution in [2.45, 2.75) is 25.5 Å².